The van der Waals surface area contributed by atoms with Gasteiger partial charge in [-0.2, -0.15) is 5.10 Å². The summed E-state index contributed by atoms with van der Waals surface area (Å²) in [4.78, 5) is 4.40. The molecule has 0 bridgehead atoms. The van der Waals surface area contributed by atoms with Crippen LogP contribution in [-0.4, -0.2) is 52.0 Å². The number of aliphatic hydroxyl groups excluding tert-OH is 1. The van der Waals surface area contributed by atoms with Gasteiger partial charge in [0.05, 0.1) is 6.54 Å². The third kappa shape index (κ3) is 3.69. The number of nitrogens with one attached hydrogen (secondary N) is 1. The first-order valence-electron chi connectivity index (χ1n) is 8.51. The molecule has 1 aromatic carbocycles. The molecule has 0 aliphatic carbocycles. The Labute approximate surface area is 145 Å². The van der Waals surface area contributed by atoms with Crippen molar-refractivity contribution in [2.45, 2.75) is 38.5 Å². The van der Waals surface area contributed by atoms with Crippen molar-refractivity contribution in [2.24, 2.45) is 0 Å². The van der Waals surface area contributed by atoms with Crippen LogP contribution in [0.4, 0.5) is 0 Å². The highest BCUT2D eigenvalue weighted by Gasteiger charge is 2.21. The van der Waals surface area contributed by atoms with Crippen molar-refractivity contribution in [3.05, 3.63) is 29.8 Å². The number of hydrogen-bond donors (Lipinski definition) is 2. The smallest absolute Gasteiger partial charge is 0.231 e. The van der Waals surface area contributed by atoms with Crippen molar-refractivity contribution in [1.29, 1.82) is 0 Å². The fourth-order valence-corrected chi connectivity index (χ4v) is 3.12. The number of aromatic nitrogens is 3. The van der Waals surface area contributed by atoms with Crippen molar-refractivity contribution < 1.29 is 19.3 Å². The summed E-state index contributed by atoms with van der Waals surface area (Å²) in [5.74, 6) is 3.90. The fourth-order valence-electron chi connectivity index (χ4n) is 3.12. The van der Waals surface area contributed by atoms with Gasteiger partial charge in [0.25, 0.3) is 0 Å². The first kappa shape index (κ1) is 16.2. The Morgan fingerprint density at radius 1 is 1.40 bits per heavy atom. The lowest BCUT2D eigenvalue weighted by atomic mass is 10.1. The minimum absolute atomic E-state index is 0.215. The highest BCUT2D eigenvalue weighted by Crippen LogP contribution is 2.35. The molecule has 2 N–H and O–H groups in total. The Balaban J connectivity index is 1.22. The van der Waals surface area contributed by atoms with Gasteiger partial charge in [-0.3, -0.25) is 0 Å². The van der Waals surface area contributed by atoms with Gasteiger partial charge in [0.2, 0.25) is 6.79 Å². The van der Waals surface area contributed by atoms with Gasteiger partial charge in [0.15, 0.2) is 11.5 Å². The topological polar surface area (TPSA) is 90.7 Å². The SMILES string of the molecule is Cc1nc2n(n1)CC(NCC(O)COc1ccc3c(c1)OCO3)CC2. The molecule has 8 nitrogen and oxygen atoms in total. The fraction of sp³-hybridized carbons (Fsp3) is 0.529. The van der Waals surface area contributed by atoms with Gasteiger partial charge in [-0.05, 0) is 25.5 Å². The summed E-state index contributed by atoms with van der Waals surface area (Å²) in [5.41, 5.74) is 0. The molecule has 4 rings (SSSR count). The molecule has 0 radical (unpaired) electrons. The second kappa shape index (κ2) is 6.89. The predicted octanol–water partition coefficient (Wildman–Crippen LogP) is 0.660. The van der Waals surface area contributed by atoms with Crippen molar-refractivity contribution in [3.63, 3.8) is 0 Å². The molecule has 0 spiro atoms. The summed E-state index contributed by atoms with van der Waals surface area (Å²) in [6.45, 7) is 3.61. The first-order chi connectivity index (χ1) is 12.2. The number of hydrogen-bond acceptors (Lipinski definition) is 7. The quantitative estimate of drug-likeness (QED) is 0.794. The molecule has 2 aliphatic rings. The molecule has 25 heavy (non-hydrogen) atoms. The van der Waals surface area contributed by atoms with Crippen LogP contribution in [0.5, 0.6) is 17.2 Å². The molecular weight excluding hydrogens is 324 g/mol. The zero-order valence-electron chi connectivity index (χ0n) is 14.1. The van der Waals surface area contributed by atoms with Crippen molar-refractivity contribution in [1.82, 2.24) is 20.1 Å². The van der Waals surface area contributed by atoms with Crippen LogP contribution in [0.2, 0.25) is 0 Å². The summed E-state index contributed by atoms with van der Waals surface area (Å²) >= 11 is 0. The molecule has 1 aromatic heterocycles. The highest BCUT2D eigenvalue weighted by molar-refractivity contribution is 5.46. The Kier molecular flexibility index (Phi) is 4.46. The van der Waals surface area contributed by atoms with E-state index in [-0.39, 0.29) is 19.4 Å². The lowest BCUT2D eigenvalue weighted by Gasteiger charge is -2.24. The maximum absolute atomic E-state index is 10.2. The van der Waals surface area contributed by atoms with E-state index in [1.165, 1.54) is 0 Å². The monoisotopic (exact) mass is 346 g/mol. The second-order valence-electron chi connectivity index (χ2n) is 6.38. The van der Waals surface area contributed by atoms with Gasteiger partial charge < -0.3 is 24.6 Å². The van der Waals surface area contributed by atoms with E-state index in [1.54, 1.807) is 6.07 Å². The van der Waals surface area contributed by atoms with E-state index >= 15 is 0 Å². The minimum Gasteiger partial charge on any atom is -0.491 e. The molecule has 134 valence electrons. The van der Waals surface area contributed by atoms with Crippen LogP contribution in [0, 0.1) is 6.92 Å². The van der Waals surface area contributed by atoms with Crippen molar-refractivity contribution in [2.75, 3.05) is 19.9 Å². The second-order valence-corrected chi connectivity index (χ2v) is 6.38. The summed E-state index contributed by atoms with van der Waals surface area (Å²) in [6, 6.07) is 5.68. The molecule has 0 amide bonds. The summed E-state index contributed by atoms with van der Waals surface area (Å²) in [6.07, 6.45) is 1.31. The van der Waals surface area contributed by atoms with Crippen molar-refractivity contribution >= 4 is 0 Å². The molecule has 2 atom stereocenters. The number of rotatable bonds is 6. The van der Waals surface area contributed by atoms with Gasteiger partial charge in [-0.15, -0.1) is 0 Å². The van der Waals surface area contributed by atoms with E-state index in [9.17, 15) is 5.11 Å². The summed E-state index contributed by atoms with van der Waals surface area (Å²) in [7, 11) is 0. The average Bonchev–Trinajstić information content (AvgIpc) is 3.22. The molecular formula is C17H22N4O4. The maximum atomic E-state index is 10.2. The predicted molar refractivity (Wildman–Crippen MR) is 88.9 cm³/mol. The number of ether oxygens (including phenoxy) is 3. The van der Waals surface area contributed by atoms with E-state index in [1.807, 2.05) is 23.7 Å². The lowest BCUT2D eigenvalue weighted by molar-refractivity contribution is 0.101. The Hall–Kier alpha value is -2.32. The Bertz CT molecular complexity index is 748. The van der Waals surface area contributed by atoms with Crippen LogP contribution in [-0.2, 0) is 13.0 Å². The first-order valence-corrected chi connectivity index (χ1v) is 8.51. The molecule has 8 heteroatoms. The van der Waals surface area contributed by atoms with Gasteiger partial charge in [-0.25, -0.2) is 9.67 Å². The van der Waals surface area contributed by atoms with E-state index in [4.69, 9.17) is 14.2 Å². The summed E-state index contributed by atoms with van der Waals surface area (Å²) < 4.78 is 18.2. The molecule has 2 aliphatic heterocycles. The third-order valence-electron chi connectivity index (χ3n) is 4.39. The van der Waals surface area contributed by atoms with Gasteiger partial charge in [-0.1, -0.05) is 0 Å². The molecule has 2 unspecified atom stereocenters. The van der Waals surface area contributed by atoms with E-state index < -0.39 is 6.10 Å². The summed E-state index contributed by atoms with van der Waals surface area (Å²) in [5, 5.41) is 17.9. The van der Waals surface area contributed by atoms with Crippen LogP contribution in [0.15, 0.2) is 18.2 Å². The maximum Gasteiger partial charge on any atom is 0.231 e. The molecule has 0 saturated carbocycles. The number of aryl methyl sites for hydroxylation is 2. The number of nitrogens with zero attached hydrogens (tertiary/aromatic N) is 3. The van der Waals surface area contributed by atoms with Gasteiger partial charge in [0.1, 0.15) is 30.1 Å². The van der Waals surface area contributed by atoms with Crippen molar-refractivity contribution in [3.8, 4) is 17.2 Å². The molecule has 3 heterocycles. The van der Waals surface area contributed by atoms with E-state index in [0.717, 1.165) is 36.8 Å². The molecule has 0 saturated heterocycles. The van der Waals surface area contributed by atoms with Crippen LogP contribution >= 0.6 is 0 Å². The normalized spacial score (nSPS) is 19.5. The zero-order valence-corrected chi connectivity index (χ0v) is 14.1. The number of aliphatic hydroxyl groups is 1. The molecule has 0 fully saturated rings. The van der Waals surface area contributed by atoms with E-state index in [2.05, 4.69) is 15.4 Å². The molecule has 2 aromatic rings. The minimum atomic E-state index is -0.593. The standard InChI is InChI=1S/C17H22N4O4/c1-11-19-17-5-2-12(8-21(17)20-11)18-7-13(22)9-23-14-3-4-15-16(6-14)25-10-24-15/h3-4,6,12-13,18,22H,2,5,7-10H2,1H3. The van der Waals surface area contributed by atoms with Crippen LogP contribution in [0.25, 0.3) is 0 Å². The average molecular weight is 346 g/mol. The lowest BCUT2D eigenvalue weighted by Crippen LogP contribution is -2.42. The zero-order chi connectivity index (χ0) is 17.2. The van der Waals surface area contributed by atoms with Gasteiger partial charge in [0, 0.05) is 25.1 Å². The van der Waals surface area contributed by atoms with Gasteiger partial charge >= 0.3 is 0 Å². The van der Waals surface area contributed by atoms with E-state index in [0.29, 0.717) is 18.0 Å². The largest absolute Gasteiger partial charge is 0.491 e. The third-order valence-corrected chi connectivity index (χ3v) is 4.39. The van der Waals surface area contributed by atoms with Crippen LogP contribution < -0.4 is 19.5 Å². The number of fused-ring (bicyclic) bond motifs is 2. The highest BCUT2D eigenvalue weighted by atomic mass is 16.7. The van der Waals surface area contributed by atoms with Crippen LogP contribution in [0.1, 0.15) is 18.1 Å². The Morgan fingerprint density at radius 3 is 3.20 bits per heavy atom. The van der Waals surface area contributed by atoms with Crippen LogP contribution in [0.3, 0.4) is 0 Å². The Morgan fingerprint density at radius 2 is 2.28 bits per heavy atom. The number of benzene rings is 1.